The molecule has 2 aliphatic rings. The number of hydrogen-bond acceptors (Lipinski definition) is 3. The number of nitrogens with one attached hydrogen (secondary N) is 1. The number of carbonyl (C=O) groups is 1. The molecule has 98 valence electrons. The molecule has 0 spiro atoms. The molecule has 1 amide bonds. The summed E-state index contributed by atoms with van der Waals surface area (Å²) in [6.45, 7) is 4.49. The molecule has 4 nitrogen and oxygen atoms in total. The van der Waals surface area contributed by atoms with E-state index in [2.05, 4.69) is 12.2 Å². The fourth-order valence-corrected chi connectivity index (χ4v) is 2.59. The first-order valence-corrected chi connectivity index (χ1v) is 6.95. The van der Waals surface area contributed by atoms with Crippen molar-refractivity contribution in [2.24, 2.45) is 0 Å². The van der Waals surface area contributed by atoms with E-state index in [1.165, 1.54) is 12.8 Å². The highest BCUT2D eigenvalue weighted by molar-refractivity contribution is 5.83. The van der Waals surface area contributed by atoms with Gasteiger partial charge < -0.3 is 9.64 Å². The Morgan fingerprint density at radius 3 is 3.06 bits per heavy atom. The van der Waals surface area contributed by atoms with Crippen LogP contribution < -0.4 is 5.32 Å². The van der Waals surface area contributed by atoms with Crippen LogP contribution in [0, 0.1) is 0 Å². The number of unbranched alkanes of at least 4 members (excludes halogenated alkanes) is 1. The van der Waals surface area contributed by atoms with E-state index in [0.717, 1.165) is 38.8 Å². The average molecular weight is 240 g/mol. The lowest BCUT2D eigenvalue weighted by Crippen LogP contribution is -2.38. The van der Waals surface area contributed by atoms with Crippen molar-refractivity contribution >= 4 is 5.91 Å². The minimum absolute atomic E-state index is 0.0542. The molecule has 2 heterocycles. The van der Waals surface area contributed by atoms with Gasteiger partial charge in [0.1, 0.15) is 0 Å². The number of ether oxygens (including phenoxy) is 1. The normalized spacial score (nSPS) is 29.9. The lowest BCUT2D eigenvalue weighted by atomic mass is 10.1. The van der Waals surface area contributed by atoms with Crippen LogP contribution in [0.2, 0.25) is 0 Å². The molecule has 17 heavy (non-hydrogen) atoms. The smallest absolute Gasteiger partial charge is 0.240 e. The Labute approximate surface area is 104 Å². The van der Waals surface area contributed by atoms with Crippen LogP contribution in [-0.2, 0) is 9.53 Å². The highest BCUT2D eigenvalue weighted by Crippen LogP contribution is 2.17. The molecule has 2 fully saturated rings. The van der Waals surface area contributed by atoms with Crippen molar-refractivity contribution in [1.82, 2.24) is 10.2 Å². The first-order valence-electron chi connectivity index (χ1n) is 6.95. The van der Waals surface area contributed by atoms with Crippen LogP contribution in [-0.4, -0.2) is 42.8 Å². The van der Waals surface area contributed by atoms with E-state index in [1.54, 1.807) is 0 Å². The molecular weight excluding hydrogens is 216 g/mol. The summed E-state index contributed by atoms with van der Waals surface area (Å²) < 4.78 is 5.68. The maximum atomic E-state index is 12.1. The van der Waals surface area contributed by atoms with Crippen molar-refractivity contribution in [3.63, 3.8) is 0 Å². The Hall–Kier alpha value is -0.610. The van der Waals surface area contributed by atoms with E-state index >= 15 is 0 Å². The minimum Gasteiger partial charge on any atom is -0.376 e. The molecule has 2 aliphatic heterocycles. The third-order valence-corrected chi connectivity index (χ3v) is 3.68. The van der Waals surface area contributed by atoms with Gasteiger partial charge in [0.2, 0.25) is 5.91 Å². The summed E-state index contributed by atoms with van der Waals surface area (Å²) in [5.41, 5.74) is 0. The molecule has 0 aromatic rings. The number of nitrogens with zero attached hydrogens (tertiary/aromatic N) is 1. The summed E-state index contributed by atoms with van der Waals surface area (Å²) in [5, 5.41) is 3.30. The summed E-state index contributed by atoms with van der Waals surface area (Å²) >= 11 is 0. The molecule has 4 heteroatoms. The predicted molar refractivity (Wildman–Crippen MR) is 66.6 cm³/mol. The fourth-order valence-electron chi connectivity index (χ4n) is 2.59. The van der Waals surface area contributed by atoms with Crippen LogP contribution in [0.5, 0.6) is 0 Å². The van der Waals surface area contributed by atoms with Crippen molar-refractivity contribution in [3.05, 3.63) is 0 Å². The zero-order valence-corrected chi connectivity index (χ0v) is 10.8. The molecule has 0 aromatic heterocycles. The third-order valence-electron chi connectivity index (χ3n) is 3.68. The molecule has 0 bridgehead atoms. The average Bonchev–Trinajstić information content (AvgIpc) is 2.70. The molecule has 2 atom stereocenters. The van der Waals surface area contributed by atoms with E-state index in [1.807, 2.05) is 4.90 Å². The molecule has 2 rings (SSSR count). The van der Waals surface area contributed by atoms with Gasteiger partial charge in [0.05, 0.1) is 18.8 Å². The van der Waals surface area contributed by atoms with Crippen molar-refractivity contribution in [1.29, 1.82) is 0 Å². The van der Waals surface area contributed by atoms with Gasteiger partial charge >= 0.3 is 0 Å². The number of rotatable bonds is 5. The lowest BCUT2D eigenvalue weighted by molar-refractivity contribution is -0.131. The largest absolute Gasteiger partial charge is 0.376 e. The lowest BCUT2D eigenvalue weighted by Gasteiger charge is -2.26. The second-order valence-corrected chi connectivity index (χ2v) is 5.11. The summed E-state index contributed by atoms with van der Waals surface area (Å²) in [7, 11) is 0. The van der Waals surface area contributed by atoms with Gasteiger partial charge in [-0.05, 0) is 25.7 Å². The van der Waals surface area contributed by atoms with Crippen LogP contribution >= 0.6 is 0 Å². The summed E-state index contributed by atoms with van der Waals surface area (Å²) in [6.07, 6.45) is 7.01. The molecule has 0 saturated carbocycles. The van der Waals surface area contributed by atoms with Crippen molar-refractivity contribution in [2.75, 3.05) is 19.8 Å². The summed E-state index contributed by atoms with van der Waals surface area (Å²) in [4.78, 5) is 14.0. The minimum atomic E-state index is 0.0542. The Balaban J connectivity index is 1.76. The van der Waals surface area contributed by atoms with Gasteiger partial charge in [0.25, 0.3) is 0 Å². The van der Waals surface area contributed by atoms with Crippen molar-refractivity contribution in [2.45, 2.75) is 57.6 Å². The van der Waals surface area contributed by atoms with E-state index < -0.39 is 0 Å². The zero-order valence-electron chi connectivity index (χ0n) is 10.8. The van der Waals surface area contributed by atoms with Crippen LogP contribution in [0.1, 0.15) is 45.4 Å². The number of carbonyl (C=O) groups excluding carboxylic acids is 1. The molecular formula is C13H24N2O2. The SMILES string of the molecule is CCCCC1NCN(CC2CCCCO2)C1=O. The van der Waals surface area contributed by atoms with Gasteiger partial charge in [-0.1, -0.05) is 19.8 Å². The van der Waals surface area contributed by atoms with Gasteiger partial charge in [-0.2, -0.15) is 0 Å². The maximum absolute atomic E-state index is 12.1. The first kappa shape index (κ1) is 12.8. The second kappa shape index (κ2) is 6.36. The van der Waals surface area contributed by atoms with Crippen LogP contribution in [0.25, 0.3) is 0 Å². The summed E-state index contributed by atoms with van der Waals surface area (Å²) in [5.74, 6) is 0.271. The topological polar surface area (TPSA) is 41.6 Å². The molecule has 2 saturated heterocycles. The maximum Gasteiger partial charge on any atom is 0.240 e. The quantitative estimate of drug-likeness (QED) is 0.792. The molecule has 0 aromatic carbocycles. The first-order chi connectivity index (χ1) is 8.31. The molecule has 0 radical (unpaired) electrons. The Kier molecular flexibility index (Phi) is 4.80. The molecule has 1 N–H and O–H groups in total. The highest BCUT2D eigenvalue weighted by Gasteiger charge is 2.32. The van der Waals surface area contributed by atoms with Crippen LogP contribution in [0.4, 0.5) is 0 Å². The van der Waals surface area contributed by atoms with E-state index in [9.17, 15) is 4.79 Å². The standard InChI is InChI=1S/C13H24N2O2/c1-2-3-7-12-13(16)15(10-14-12)9-11-6-4-5-8-17-11/h11-12,14H,2-10H2,1H3. The Morgan fingerprint density at radius 2 is 2.35 bits per heavy atom. The summed E-state index contributed by atoms with van der Waals surface area (Å²) in [6, 6.07) is 0.0542. The third kappa shape index (κ3) is 3.42. The number of hydrogen-bond donors (Lipinski definition) is 1. The van der Waals surface area contributed by atoms with E-state index in [4.69, 9.17) is 4.74 Å². The highest BCUT2D eigenvalue weighted by atomic mass is 16.5. The predicted octanol–water partition coefficient (Wildman–Crippen LogP) is 1.50. The van der Waals surface area contributed by atoms with Gasteiger partial charge in [-0.15, -0.1) is 0 Å². The fraction of sp³-hybridized carbons (Fsp3) is 0.923. The second-order valence-electron chi connectivity index (χ2n) is 5.11. The van der Waals surface area contributed by atoms with Gasteiger partial charge in [-0.3, -0.25) is 10.1 Å². The Morgan fingerprint density at radius 1 is 1.47 bits per heavy atom. The Bertz CT molecular complexity index is 252. The van der Waals surface area contributed by atoms with Gasteiger partial charge in [-0.25, -0.2) is 0 Å². The van der Waals surface area contributed by atoms with Gasteiger partial charge in [0.15, 0.2) is 0 Å². The zero-order chi connectivity index (χ0) is 12.1. The number of amides is 1. The van der Waals surface area contributed by atoms with Crippen LogP contribution in [0.3, 0.4) is 0 Å². The van der Waals surface area contributed by atoms with Crippen molar-refractivity contribution in [3.8, 4) is 0 Å². The molecule has 0 aliphatic carbocycles. The van der Waals surface area contributed by atoms with Crippen LogP contribution in [0.15, 0.2) is 0 Å². The monoisotopic (exact) mass is 240 g/mol. The van der Waals surface area contributed by atoms with Gasteiger partial charge in [0, 0.05) is 13.2 Å². The van der Waals surface area contributed by atoms with Crippen molar-refractivity contribution < 1.29 is 9.53 Å². The molecule has 2 unspecified atom stereocenters. The van der Waals surface area contributed by atoms with E-state index in [-0.39, 0.29) is 18.1 Å². The van der Waals surface area contributed by atoms with E-state index in [0.29, 0.717) is 6.67 Å².